The number of allylic oxidation sites excluding steroid dienone is 3. The van der Waals surface area contributed by atoms with Gasteiger partial charge in [0.25, 0.3) is 0 Å². The number of ether oxygens (including phenoxy) is 1. The summed E-state index contributed by atoms with van der Waals surface area (Å²) in [6, 6.07) is 0. The zero-order valence-electron chi connectivity index (χ0n) is 11.5. The highest BCUT2D eigenvalue weighted by atomic mass is 16.6. The summed E-state index contributed by atoms with van der Waals surface area (Å²) in [6.07, 6.45) is 7.39. The van der Waals surface area contributed by atoms with Crippen LogP contribution < -0.4 is 5.32 Å². The maximum atomic E-state index is 11.9. The van der Waals surface area contributed by atoms with Crippen molar-refractivity contribution in [3.8, 4) is 0 Å². The molecule has 0 bridgehead atoms. The molecule has 0 radical (unpaired) electrons. The number of carbonyl (C=O) groups excluding carboxylic acids is 1. The van der Waals surface area contributed by atoms with E-state index in [0.717, 1.165) is 31.8 Å². The van der Waals surface area contributed by atoms with E-state index < -0.39 is 0 Å². The predicted molar refractivity (Wildman–Crippen MR) is 75.9 cm³/mol. The first-order chi connectivity index (χ1) is 9.20. The van der Waals surface area contributed by atoms with Crippen LogP contribution in [0, 0.1) is 11.8 Å². The third kappa shape index (κ3) is 3.70. The van der Waals surface area contributed by atoms with Crippen LogP contribution in [-0.2, 0) is 4.74 Å². The first-order valence-corrected chi connectivity index (χ1v) is 6.80. The third-order valence-electron chi connectivity index (χ3n) is 3.66. The van der Waals surface area contributed by atoms with E-state index in [1.165, 1.54) is 0 Å². The average molecular weight is 262 g/mol. The molecule has 2 atom stereocenters. The summed E-state index contributed by atoms with van der Waals surface area (Å²) in [5.74, 6) is 1.20. The lowest BCUT2D eigenvalue weighted by atomic mass is 10.0. The van der Waals surface area contributed by atoms with E-state index >= 15 is 0 Å². The monoisotopic (exact) mass is 262 g/mol. The molecule has 0 aliphatic carbocycles. The molecule has 0 saturated carbocycles. The van der Waals surface area contributed by atoms with E-state index in [-0.39, 0.29) is 12.7 Å². The van der Waals surface area contributed by atoms with Crippen molar-refractivity contribution in [1.82, 2.24) is 10.2 Å². The largest absolute Gasteiger partial charge is 0.445 e. The zero-order chi connectivity index (χ0) is 13.7. The van der Waals surface area contributed by atoms with Crippen LogP contribution in [0.2, 0.25) is 0 Å². The molecule has 1 amide bonds. The molecular formula is C15H22N2O2. The Hall–Kier alpha value is -1.55. The van der Waals surface area contributed by atoms with Gasteiger partial charge in [-0.05, 0) is 24.3 Å². The van der Waals surface area contributed by atoms with Gasteiger partial charge in [0, 0.05) is 26.2 Å². The van der Waals surface area contributed by atoms with Gasteiger partial charge in [-0.15, -0.1) is 0 Å². The van der Waals surface area contributed by atoms with Crippen molar-refractivity contribution < 1.29 is 9.53 Å². The van der Waals surface area contributed by atoms with Crippen LogP contribution in [0.1, 0.15) is 6.92 Å². The minimum atomic E-state index is -0.213. The molecule has 2 rings (SSSR count). The molecule has 19 heavy (non-hydrogen) atoms. The van der Waals surface area contributed by atoms with Crippen LogP contribution in [0.5, 0.6) is 0 Å². The number of fused-ring (bicyclic) bond motifs is 1. The van der Waals surface area contributed by atoms with Crippen LogP contribution in [0.3, 0.4) is 0 Å². The number of carbonyl (C=O) groups is 1. The summed E-state index contributed by atoms with van der Waals surface area (Å²) >= 11 is 0. The van der Waals surface area contributed by atoms with Crippen molar-refractivity contribution in [1.29, 1.82) is 0 Å². The van der Waals surface area contributed by atoms with Gasteiger partial charge in [-0.3, -0.25) is 0 Å². The molecule has 0 aromatic carbocycles. The van der Waals surface area contributed by atoms with Crippen molar-refractivity contribution in [2.75, 3.05) is 32.8 Å². The fourth-order valence-corrected chi connectivity index (χ4v) is 2.60. The van der Waals surface area contributed by atoms with Crippen LogP contribution in [-0.4, -0.2) is 43.8 Å². The maximum absolute atomic E-state index is 11.9. The van der Waals surface area contributed by atoms with Gasteiger partial charge in [0.1, 0.15) is 6.61 Å². The normalized spacial score (nSPS) is 26.3. The summed E-state index contributed by atoms with van der Waals surface area (Å²) in [5, 5.41) is 3.35. The molecule has 104 valence electrons. The highest BCUT2D eigenvalue weighted by Gasteiger charge is 2.38. The number of amides is 1. The Morgan fingerprint density at radius 1 is 1.37 bits per heavy atom. The Bertz CT molecular complexity index is 389. The fourth-order valence-electron chi connectivity index (χ4n) is 2.60. The van der Waals surface area contributed by atoms with E-state index in [2.05, 4.69) is 11.9 Å². The second-order valence-corrected chi connectivity index (χ2v) is 5.18. The molecule has 4 nitrogen and oxygen atoms in total. The molecule has 0 spiro atoms. The molecule has 4 heteroatoms. The molecule has 0 aromatic heterocycles. The van der Waals surface area contributed by atoms with Crippen molar-refractivity contribution in [2.45, 2.75) is 6.92 Å². The summed E-state index contributed by atoms with van der Waals surface area (Å²) in [6.45, 7) is 9.74. The molecule has 2 aliphatic heterocycles. The number of rotatable bonds is 4. The SMILES string of the molecule is C=C(/C=C\C=C/C)COC(=O)N1CC2CNCC2C1. The van der Waals surface area contributed by atoms with Crippen molar-refractivity contribution in [2.24, 2.45) is 11.8 Å². The predicted octanol–water partition coefficient (Wildman–Crippen LogP) is 1.96. The van der Waals surface area contributed by atoms with Gasteiger partial charge in [-0.25, -0.2) is 4.79 Å². The standard InChI is InChI=1S/C15H22N2O2/c1-3-4-5-6-12(2)11-19-15(18)17-9-13-7-16-8-14(13)10-17/h3-6,13-14,16H,2,7-11H2,1H3/b4-3-,6-5-. The van der Waals surface area contributed by atoms with Gasteiger partial charge < -0.3 is 15.0 Å². The van der Waals surface area contributed by atoms with Crippen molar-refractivity contribution in [3.05, 3.63) is 36.5 Å². The lowest BCUT2D eigenvalue weighted by molar-refractivity contribution is 0.117. The van der Waals surface area contributed by atoms with Gasteiger partial charge in [-0.2, -0.15) is 0 Å². The minimum Gasteiger partial charge on any atom is -0.445 e. The van der Waals surface area contributed by atoms with Gasteiger partial charge in [0.2, 0.25) is 0 Å². The number of likely N-dealkylation sites (tertiary alicyclic amines) is 1. The Kier molecular flexibility index (Phi) is 4.80. The van der Waals surface area contributed by atoms with Crippen molar-refractivity contribution >= 4 is 6.09 Å². The summed E-state index contributed by atoms with van der Waals surface area (Å²) < 4.78 is 5.28. The lowest BCUT2D eigenvalue weighted by Crippen LogP contribution is -2.32. The van der Waals surface area contributed by atoms with Gasteiger partial charge in [0.05, 0.1) is 0 Å². The zero-order valence-corrected chi connectivity index (χ0v) is 11.5. The molecule has 2 unspecified atom stereocenters. The molecule has 1 N–H and O–H groups in total. The van der Waals surface area contributed by atoms with E-state index in [0.29, 0.717) is 11.8 Å². The topological polar surface area (TPSA) is 41.6 Å². The first kappa shape index (κ1) is 13.9. The number of nitrogens with one attached hydrogen (secondary N) is 1. The fraction of sp³-hybridized carbons (Fsp3) is 0.533. The molecule has 2 fully saturated rings. The highest BCUT2D eigenvalue weighted by Crippen LogP contribution is 2.26. The van der Waals surface area contributed by atoms with Crippen molar-refractivity contribution in [3.63, 3.8) is 0 Å². The summed E-state index contributed by atoms with van der Waals surface area (Å²) in [7, 11) is 0. The number of hydrogen-bond acceptors (Lipinski definition) is 3. The smallest absolute Gasteiger partial charge is 0.410 e. The molecular weight excluding hydrogens is 240 g/mol. The van der Waals surface area contributed by atoms with E-state index in [1.807, 2.05) is 36.1 Å². The Morgan fingerprint density at radius 3 is 2.68 bits per heavy atom. The number of nitrogens with zero attached hydrogens (tertiary/aromatic N) is 1. The van der Waals surface area contributed by atoms with E-state index in [1.54, 1.807) is 0 Å². The average Bonchev–Trinajstić information content (AvgIpc) is 2.97. The lowest BCUT2D eigenvalue weighted by Gasteiger charge is -2.17. The number of hydrogen-bond donors (Lipinski definition) is 1. The summed E-state index contributed by atoms with van der Waals surface area (Å²) in [5.41, 5.74) is 0.799. The first-order valence-electron chi connectivity index (χ1n) is 6.80. The van der Waals surface area contributed by atoms with Gasteiger partial charge in [-0.1, -0.05) is 30.9 Å². The van der Waals surface area contributed by atoms with Crippen LogP contribution in [0.25, 0.3) is 0 Å². The van der Waals surface area contributed by atoms with Crippen LogP contribution in [0.4, 0.5) is 4.79 Å². The van der Waals surface area contributed by atoms with Crippen LogP contribution in [0.15, 0.2) is 36.5 Å². The quantitative estimate of drug-likeness (QED) is 0.788. The Labute approximate surface area is 114 Å². The maximum Gasteiger partial charge on any atom is 0.410 e. The third-order valence-corrected chi connectivity index (χ3v) is 3.66. The molecule has 2 heterocycles. The van der Waals surface area contributed by atoms with Crippen LogP contribution >= 0.6 is 0 Å². The second kappa shape index (κ2) is 6.57. The molecule has 2 saturated heterocycles. The highest BCUT2D eigenvalue weighted by molar-refractivity contribution is 5.68. The van der Waals surface area contributed by atoms with E-state index in [9.17, 15) is 4.79 Å². The Balaban J connectivity index is 1.72. The second-order valence-electron chi connectivity index (χ2n) is 5.18. The molecule has 0 aromatic rings. The minimum absolute atomic E-state index is 0.213. The van der Waals surface area contributed by atoms with E-state index in [4.69, 9.17) is 4.74 Å². The molecule has 2 aliphatic rings. The Morgan fingerprint density at radius 2 is 2.05 bits per heavy atom. The van der Waals surface area contributed by atoms with Gasteiger partial charge in [0.15, 0.2) is 0 Å². The summed E-state index contributed by atoms with van der Waals surface area (Å²) in [4.78, 5) is 13.7. The van der Waals surface area contributed by atoms with Gasteiger partial charge >= 0.3 is 6.09 Å².